The van der Waals surface area contributed by atoms with Crippen LogP contribution in [0.2, 0.25) is 0 Å². The van der Waals surface area contributed by atoms with Crippen LogP contribution in [0.4, 0.5) is 5.69 Å². The summed E-state index contributed by atoms with van der Waals surface area (Å²) in [4.78, 5) is 28.8. The number of rotatable bonds is 6. The molecule has 0 unspecified atom stereocenters. The van der Waals surface area contributed by atoms with Crippen LogP contribution < -0.4 is 19.3 Å². The van der Waals surface area contributed by atoms with Crippen molar-refractivity contribution in [1.29, 1.82) is 0 Å². The SMILES string of the molecule is CCc1nn(-c2ccccc2)c([O-])c1C1=C([n+]2cccc(C)c2)C(=O)N(c2ccc(OC)cc2)C1=O. The Morgan fingerprint density at radius 2 is 1.67 bits per heavy atom. The zero-order chi connectivity index (χ0) is 25.4. The first-order valence-electron chi connectivity index (χ1n) is 11.5. The van der Waals surface area contributed by atoms with Crippen LogP contribution >= 0.6 is 0 Å². The maximum Gasteiger partial charge on any atom is 0.331 e. The third-order valence-corrected chi connectivity index (χ3v) is 6.10. The highest BCUT2D eigenvalue weighted by Crippen LogP contribution is 2.39. The average molecular weight is 481 g/mol. The molecule has 0 spiro atoms. The number of ether oxygens (including phenoxy) is 1. The number of hydrogen-bond donors (Lipinski definition) is 0. The Morgan fingerprint density at radius 3 is 2.31 bits per heavy atom. The highest BCUT2D eigenvalue weighted by molar-refractivity contribution is 6.53. The van der Waals surface area contributed by atoms with Crippen LogP contribution in [-0.2, 0) is 16.0 Å². The van der Waals surface area contributed by atoms with Crippen molar-refractivity contribution in [1.82, 2.24) is 9.78 Å². The molecule has 0 atom stereocenters. The van der Waals surface area contributed by atoms with Gasteiger partial charge in [0.15, 0.2) is 12.4 Å². The van der Waals surface area contributed by atoms with E-state index in [0.717, 1.165) is 10.5 Å². The van der Waals surface area contributed by atoms with Gasteiger partial charge in [0.05, 0.1) is 24.2 Å². The lowest BCUT2D eigenvalue weighted by Crippen LogP contribution is -2.39. The monoisotopic (exact) mass is 480 g/mol. The molecule has 1 aliphatic heterocycles. The normalized spacial score (nSPS) is 13.6. The topological polar surface area (TPSA) is 91.4 Å². The second-order valence-corrected chi connectivity index (χ2v) is 8.38. The molecule has 2 aromatic heterocycles. The molecule has 0 bridgehead atoms. The molecule has 3 heterocycles. The smallest absolute Gasteiger partial charge is 0.331 e. The van der Waals surface area contributed by atoms with E-state index >= 15 is 0 Å². The second-order valence-electron chi connectivity index (χ2n) is 8.38. The van der Waals surface area contributed by atoms with Crippen molar-refractivity contribution in [2.24, 2.45) is 0 Å². The van der Waals surface area contributed by atoms with Gasteiger partial charge in [-0.2, -0.15) is 9.67 Å². The molecule has 2 aromatic carbocycles. The first kappa shape index (κ1) is 23.0. The van der Waals surface area contributed by atoms with Gasteiger partial charge in [0.25, 0.3) is 11.6 Å². The van der Waals surface area contributed by atoms with Crippen LogP contribution in [0.5, 0.6) is 11.6 Å². The summed E-state index contributed by atoms with van der Waals surface area (Å²) in [6, 6.07) is 19.3. The van der Waals surface area contributed by atoms with Crippen molar-refractivity contribution in [2.45, 2.75) is 20.3 Å². The van der Waals surface area contributed by atoms with Gasteiger partial charge in [0.1, 0.15) is 11.3 Å². The lowest BCUT2D eigenvalue weighted by molar-refractivity contribution is -0.577. The Bertz CT molecular complexity index is 1500. The number of anilines is 1. The fraction of sp³-hybridized carbons (Fsp3) is 0.143. The van der Waals surface area contributed by atoms with E-state index in [2.05, 4.69) is 5.10 Å². The van der Waals surface area contributed by atoms with Crippen molar-refractivity contribution >= 4 is 28.8 Å². The second kappa shape index (κ2) is 9.14. The van der Waals surface area contributed by atoms with Crippen LogP contribution in [0.3, 0.4) is 0 Å². The Labute approximate surface area is 208 Å². The summed E-state index contributed by atoms with van der Waals surface area (Å²) in [5.41, 5.74) is 2.59. The molecular weight excluding hydrogens is 456 g/mol. The standard InChI is InChI=1S/C28H24N4O4/c1-4-22-23(27(34)32(29-22)20-10-6-5-7-11-20)24-25(30-16-8-9-18(2)17-30)28(35)31(26(24)33)19-12-14-21(36-3)15-13-19/h5-17H,4H2,1-3H3. The molecule has 0 fully saturated rings. The summed E-state index contributed by atoms with van der Waals surface area (Å²) in [5, 5.41) is 18.2. The Morgan fingerprint density at radius 1 is 0.944 bits per heavy atom. The molecule has 0 N–H and O–H groups in total. The average Bonchev–Trinajstić information content (AvgIpc) is 3.36. The number of amides is 2. The van der Waals surface area contributed by atoms with Gasteiger partial charge in [-0.15, -0.1) is 0 Å². The van der Waals surface area contributed by atoms with E-state index in [-0.39, 0.29) is 16.8 Å². The lowest BCUT2D eigenvalue weighted by atomic mass is 10.0. The minimum atomic E-state index is -0.575. The molecule has 4 aromatic rings. The minimum Gasteiger partial charge on any atom is -0.858 e. The molecule has 180 valence electrons. The third-order valence-electron chi connectivity index (χ3n) is 6.10. The number of hydrogen-bond acceptors (Lipinski definition) is 5. The van der Waals surface area contributed by atoms with Crippen molar-refractivity contribution < 1.29 is 24.0 Å². The highest BCUT2D eigenvalue weighted by atomic mass is 16.5. The number of aryl methyl sites for hydroxylation is 2. The van der Waals surface area contributed by atoms with Crippen LogP contribution in [0.25, 0.3) is 17.0 Å². The number of nitrogens with zero attached hydrogens (tertiary/aromatic N) is 4. The number of imide groups is 1. The Kier molecular flexibility index (Phi) is 5.85. The fourth-order valence-corrected chi connectivity index (χ4v) is 4.37. The lowest BCUT2D eigenvalue weighted by Gasteiger charge is -2.16. The van der Waals surface area contributed by atoms with E-state index in [0.29, 0.717) is 29.2 Å². The molecule has 0 saturated heterocycles. The van der Waals surface area contributed by atoms with Gasteiger partial charge >= 0.3 is 5.91 Å². The summed E-state index contributed by atoms with van der Waals surface area (Å²) in [6.45, 7) is 3.76. The molecule has 36 heavy (non-hydrogen) atoms. The van der Waals surface area contributed by atoms with Gasteiger partial charge in [-0.3, -0.25) is 9.59 Å². The summed E-state index contributed by atoms with van der Waals surface area (Å²) in [7, 11) is 1.54. The van der Waals surface area contributed by atoms with Crippen molar-refractivity contribution in [3.05, 3.63) is 95.9 Å². The van der Waals surface area contributed by atoms with Gasteiger partial charge < -0.3 is 9.84 Å². The Balaban J connectivity index is 1.75. The molecule has 5 rings (SSSR count). The van der Waals surface area contributed by atoms with Crippen LogP contribution in [0.15, 0.2) is 79.1 Å². The van der Waals surface area contributed by atoms with Gasteiger partial charge in [0.2, 0.25) is 0 Å². The highest BCUT2D eigenvalue weighted by Gasteiger charge is 2.47. The van der Waals surface area contributed by atoms with Crippen LogP contribution in [0.1, 0.15) is 23.7 Å². The number of benzene rings is 2. The van der Waals surface area contributed by atoms with Gasteiger partial charge in [-0.1, -0.05) is 25.1 Å². The summed E-state index contributed by atoms with van der Waals surface area (Å²) < 4.78 is 8.10. The van der Waals surface area contributed by atoms with Gasteiger partial charge in [0, 0.05) is 17.2 Å². The molecule has 8 nitrogen and oxygen atoms in total. The maximum absolute atomic E-state index is 13.9. The zero-order valence-corrected chi connectivity index (χ0v) is 20.1. The van der Waals surface area contributed by atoms with Crippen LogP contribution in [0, 0.1) is 6.92 Å². The van der Waals surface area contributed by atoms with E-state index in [9.17, 15) is 14.7 Å². The molecule has 0 aliphatic carbocycles. The number of methoxy groups -OCH3 is 1. The summed E-state index contributed by atoms with van der Waals surface area (Å²) >= 11 is 0. The van der Waals surface area contributed by atoms with Gasteiger partial charge in [-0.25, -0.2) is 9.58 Å². The third kappa shape index (κ3) is 3.73. The number of para-hydroxylation sites is 1. The van der Waals surface area contributed by atoms with E-state index in [1.807, 2.05) is 38.1 Å². The molecular formula is C28H24N4O4. The zero-order valence-electron chi connectivity index (χ0n) is 20.1. The molecule has 0 saturated carbocycles. The van der Waals surface area contributed by atoms with Crippen molar-refractivity contribution in [2.75, 3.05) is 12.0 Å². The Hall–Kier alpha value is -4.72. The fourth-order valence-electron chi connectivity index (χ4n) is 4.37. The first-order valence-corrected chi connectivity index (χ1v) is 11.5. The van der Waals surface area contributed by atoms with Crippen LogP contribution in [-0.4, -0.2) is 28.7 Å². The predicted octanol–water partition coefficient (Wildman–Crippen LogP) is 3.05. The molecule has 0 radical (unpaired) electrons. The van der Waals surface area contributed by atoms with E-state index in [1.165, 1.54) is 4.68 Å². The first-order chi connectivity index (χ1) is 17.4. The molecule has 2 amide bonds. The number of aromatic nitrogens is 3. The quantitative estimate of drug-likeness (QED) is 0.313. The van der Waals surface area contributed by atoms with Crippen molar-refractivity contribution in [3.8, 4) is 17.3 Å². The van der Waals surface area contributed by atoms with E-state index in [4.69, 9.17) is 4.74 Å². The number of pyridine rings is 1. The largest absolute Gasteiger partial charge is 0.858 e. The maximum atomic E-state index is 13.9. The van der Waals surface area contributed by atoms with Gasteiger partial charge in [-0.05, 0) is 61.7 Å². The number of carbonyl (C=O) groups excluding carboxylic acids is 2. The van der Waals surface area contributed by atoms with E-state index in [1.54, 1.807) is 66.5 Å². The van der Waals surface area contributed by atoms with Crippen molar-refractivity contribution in [3.63, 3.8) is 0 Å². The summed E-state index contributed by atoms with van der Waals surface area (Å²) in [6.07, 6.45) is 3.86. The van der Waals surface area contributed by atoms with E-state index < -0.39 is 17.7 Å². The summed E-state index contributed by atoms with van der Waals surface area (Å²) in [5.74, 6) is -0.951. The minimum absolute atomic E-state index is 0.0375. The molecule has 8 heteroatoms. The number of carbonyl (C=O) groups is 2. The molecule has 1 aliphatic rings. The predicted molar refractivity (Wildman–Crippen MR) is 132 cm³/mol.